The zero-order valence-electron chi connectivity index (χ0n) is 9.88. The second-order valence-electron chi connectivity index (χ2n) is 3.73. The number of ether oxygens (including phenoxy) is 1. The molecule has 0 unspecified atom stereocenters. The number of carbonyl (C=O) groups excluding carboxylic acids is 1. The minimum absolute atomic E-state index is 0.0429. The maximum Gasteiger partial charge on any atom is 0.416 e. The lowest BCUT2D eigenvalue weighted by atomic mass is 9.99. The van der Waals surface area contributed by atoms with E-state index < -0.39 is 17.7 Å². The van der Waals surface area contributed by atoms with Gasteiger partial charge >= 0.3 is 12.1 Å². The van der Waals surface area contributed by atoms with Crippen molar-refractivity contribution in [1.82, 2.24) is 0 Å². The number of benzene rings is 1. The quantitative estimate of drug-likeness (QED) is 0.612. The molecule has 5 heteroatoms. The van der Waals surface area contributed by atoms with Crippen LogP contribution in [0, 0.1) is 0 Å². The number of rotatable bonds is 4. The molecule has 2 nitrogen and oxygen atoms in total. The minimum Gasteiger partial charge on any atom is -0.469 e. The van der Waals surface area contributed by atoms with Crippen molar-refractivity contribution in [1.29, 1.82) is 0 Å². The monoisotopic (exact) mass is 258 g/mol. The highest BCUT2D eigenvalue weighted by Crippen LogP contribution is 2.32. The Bertz CT molecular complexity index is 450. The van der Waals surface area contributed by atoms with Gasteiger partial charge in [0.05, 0.1) is 19.1 Å². The summed E-state index contributed by atoms with van der Waals surface area (Å²) < 4.78 is 42.6. The topological polar surface area (TPSA) is 26.3 Å². The van der Waals surface area contributed by atoms with Crippen molar-refractivity contribution in [2.45, 2.75) is 19.0 Å². The molecule has 0 radical (unpaired) electrons. The highest BCUT2D eigenvalue weighted by atomic mass is 19.4. The number of esters is 1. The van der Waals surface area contributed by atoms with E-state index in [0.29, 0.717) is 5.56 Å². The molecular formula is C13H13F3O2. The van der Waals surface area contributed by atoms with Crippen LogP contribution < -0.4 is 0 Å². The largest absolute Gasteiger partial charge is 0.469 e. The summed E-state index contributed by atoms with van der Waals surface area (Å²) >= 11 is 0. The fourth-order valence-electron chi connectivity index (χ4n) is 1.60. The zero-order chi connectivity index (χ0) is 13.8. The molecule has 0 saturated heterocycles. The predicted octanol–water partition coefficient (Wildman–Crippen LogP) is 3.15. The number of alkyl halides is 3. The van der Waals surface area contributed by atoms with Crippen molar-refractivity contribution in [3.05, 3.63) is 47.5 Å². The first-order chi connectivity index (χ1) is 8.38. The standard InChI is InChI=1S/C13H13F3O2/c1-3-4-10-7-9(8-12(17)18-2)5-6-11(10)13(14,15)16/h3,5-7H,1,4,8H2,2H3. The van der Waals surface area contributed by atoms with Gasteiger partial charge in [0, 0.05) is 0 Å². The van der Waals surface area contributed by atoms with Gasteiger partial charge in [-0.05, 0) is 23.6 Å². The van der Waals surface area contributed by atoms with E-state index in [1.165, 1.54) is 25.3 Å². The molecular weight excluding hydrogens is 245 g/mol. The molecule has 1 aromatic rings. The van der Waals surface area contributed by atoms with Crippen LogP contribution in [0.3, 0.4) is 0 Å². The third-order valence-electron chi connectivity index (χ3n) is 2.42. The number of halogens is 3. The lowest BCUT2D eigenvalue weighted by molar-refractivity contribution is -0.139. The molecule has 0 atom stereocenters. The van der Waals surface area contributed by atoms with Crippen LogP contribution in [0.5, 0.6) is 0 Å². The van der Waals surface area contributed by atoms with Crippen LogP contribution in [0.2, 0.25) is 0 Å². The normalized spacial score (nSPS) is 11.1. The van der Waals surface area contributed by atoms with Gasteiger partial charge in [0.1, 0.15) is 0 Å². The molecule has 0 heterocycles. The van der Waals surface area contributed by atoms with Crippen molar-refractivity contribution < 1.29 is 22.7 Å². The van der Waals surface area contributed by atoms with Gasteiger partial charge in [-0.15, -0.1) is 6.58 Å². The van der Waals surface area contributed by atoms with Crippen LogP contribution in [0.25, 0.3) is 0 Å². The second kappa shape index (κ2) is 5.71. The van der Waals surface area contributed by atoms with E-state index in [1.54, 1.807) is 0 Å². The van der Waals surface area contributed by atoms with E-state index in [-0.39, 0.29) is 18.4 Å². The first-order valence-corrected chi connectivity index (χ1v) is 5.25. The Hall–Kier alpha value is -1.78. The SMILES string of the molecule is C=CCc1cc(CC(=O)OC)ccc1C(F)(F)F. The Morgan fingerprint density at radius 3 is 2.61 bits per heavy atom. The average molecular weight is 258 g/mol. The second-order valence-corrected chi connectivity index (χ2v) is 3.73. The summed E-state index contributed by atoms with van der Waals surface area (Å²) in [5, 5.41) is 0. The van der Waals surface area contributed by atoms with Crippen LogP contribution >= 0.6 is 0 Å². The van der Waals surface area contributed by atoms with E-state index in [1.807, 2.05) is 0 Å². The summed E-state index contributed by atoms with van der Waals surface area (Å²) in [7, 11) is 1.23. The van der Waals surface area contributed by atoms with Crippen molar-refractivity contribution in [3.8, 4) is 0 Å². The average Bonchev–Trinajstić information content (AvgIpc) is 2.28. The first kappa shape index (κ1) is 14.3. The smallest absolute Gasteiger partial charge is 0.416 e. The van der Waals surface area contributed by atoms with Crippen LogP contribution in [0.4, 0.5) is 13.2 Å². The fraction of sp³-hybridized carbons (Fsp3) is 0.308. The number of hydrogen-bond donors (Lipinski definition) is 0. The van der Waals surface area contributed by atoms with Crippen LogP contribution in [0.1, 0.15) is 16.7 Å². The number of carbonyl (C=O) groups is 1. The Balaban J connectivity index is 3.10. The van der Waals surface area contributed by atoms with Crippen LogP contribution in [-0.2, 0) is 28.5 Å². The molecule has 0 amide bonds. The van der Waals surface area contributed by atoms with E-state index in [0.717, 1.165) is 6.07 Å². The molecule has 0 aromatic heterocycles. The van der Waals surface area contributed by atoms with Gasteiger partial charge in [0.25, 0.3) is 0 Å². The van der Waals surface area contributed by atoms with Gasteiger partial charge in [0.15, 0.2) is 0 Å². The van der Waals surface area contributed by atoms with Crippen molar-refractivity contribution in [2.24, 2.45) is 0 Å². The van der Waals surface area contributed by atoms with Gasteiger partial charge in [-0.1, -0.05) is 18.2 Å². The minimum atomic E-state index is -4.40. The summed E-state index contributed by atoms with van der Waals surface area (Å²) in [4.78, 5) is 11.1. The lowest BCUT2D eigenvalue weighted by Crippen LogP contribution is -2.11. The summed E-state index contributed by atoms with van der Waals surface area (Å²) in [6.07, 6.45) is -2.95. The number of methoxy groups -OCH3 is 1. The highest BCUT2D eigenvalue weighted by Gasteiger charge is 2.32. The fourth-order valence-corrected chi connectivity index (χ4v) is 1.60. The van der Waals surface area contributed by atoms with Crippen molar-refractivity contribution >= 4 is 5.97 Å². The highest BCUT2D eigenvalue weighted by molar-refractivity contribution is 5.72. The summed E-state index contributed by atoms with van der Waals surface area (Å²) in [5.41, 5.74) is -0.0957. The summed E-state index contributed by atoms with van der Waals surface area (Å²) in [5.74, 6) is -0.487. The van der Waals surface area contributed by atoms with E-state index >= 15 is 0 Å². The molecule has 0 aliphatic heterocycles. The number of allylic oxidation sites excluding steroid dienone is 1. The van der Waals surface area contributed by atoms with Gasteiger partial charge in [-0.3, -0.25) is 4.79 Å². The Morgan fingerprint density at radius 1 is 1.44 bits per heavy atom. The van der Waals surface area contributed by atoms with Crippen molar-refractivity contribution in [2.75, 3.05) is 7.11 Å². The molecule has 0 bridgehead atoms. The van der Waals surface area contributed by atoms with Gasteiger partial charge in [-0.25, -0.2) is 0 Å². The molecule has 0 aliphatic carbocycles. The molecule has 0 N–H and O–H groups in total. The van der Waals surface area contributed by atoms with E-state index in [9.17, 15) is 18.0 Å². The molecule has 1 aromatic carbocycles. The maximum atomic E-state index is 12.7. The molecule has 0 spiro atoms. The molecule has 0 fully saturated rings. The Labute approximate surface area is 103 Å². The molecule has 0 saturated carbocycles. The van der Waals surface area contributed by atoms with Crippen molar-refractivity contribution in [3.63, 3.8) is 0 Å². The summed E-state index contributed by atoms with van der Waals surface area (Å²) in [6, 6.07) is 3.63. The lowest BCUT2D eigenvalue weighted by Gasteiger charge is -2.13. The van der Waals surface area contributed by atoms with E-state index in [4.69, 9.17) is 0 Å². The third kappa shape index (κ3) is 3.61. The Kier molecular flexibility index (Phi) is 4.53. The Morgan fingerprint density at radius 2 is 2.11 bits per heavy atom. The predicted molar refractivity (Wildman–Crippen MR) is 61.1 cm³/mol. The molecule has 98 valence electrons. The van der Waals surface area contributed by atoms with Crippen LogP contribution in [-0.4, -0.2) is 13.1 Å². The summed E-state index contributed by atoms with van der Waals surface area (Å²) in [6.45, 7) is 3.43. The van der Waals surface area contributed by atoms with Gasteiger partial charge in [0.2, 0.25) is 0 Å². The van der Waals surface area contributed by atoms with Gasteiger partial charge in [-0.2, -0.15) is 13.2 Å². The van der Waals surface area contributed by atoms with Crippen LogP contribution in [0.15, 0.2) is 30.9 Å². The third-order valence-corrected chi connectivity index (χ3v) is 2.42. The number of hydrogen-bond acceptors (Lipinski definition) is 2. The zero-order valence-corrected chi connectivity index (χ0v) is 9.88. The van der Waals surface area contributed by atoms with Gasteiger partial charge < -0.3 is 4.74 Å². The first-order valence-electron chi connectivity index (χ1n) is 5.25. The molecule has 0 aliphatic rings. The molecule has 1 rings (SSSR count). The van der Waals surface area contributed by atoms with E-state index in [2.05, 4.69) is 11.3 Å². The maximum absolute atomic E-state index is 12.7. The molecule has 18 heavy (non-hydrogen) atoms.